The van der Waals surface area contributed by atoms with E-state index < -0.39 is 0 Å². The molecule has 0 heterocycles. The molecule has 0 atom stereocenters. The second-order valence-electron chi connectivity index (χ2n) is 1.62. The molecule has 0 spiro atoms. The summed E-state index contributed by atoms with van der Waals surface area (Å²) in [6.45, 7) is 1.06. The topological polar surface area (TPSA) is 3.24 Å². The lowest BCUT2D eigenvalue weighted by atomic mass is 10.7. The summed E-state index contributed by atoms with van der Waals surface area (Å²) in [5, 5.41) is 0. The van der Waals surface area contributed by atoms with E-state index in [1.807, 2.05) is 14.1 Å². The van der Waals surface area contributed by atoms with E-state index >= 15 is 0 Å². The monoisotopic (exact) mass is 139 g/mol. The highest BCUT2D eigenvalue weighted by Crippen LogP contribution is 2.03. The van der Waals surface area contributed by atoms with E-state index in [9.17, 15) is 0 Å². The van der Waals surface area contributed by atoms with Crippen LogP contribution in [0.15, 0.2) is 0 Å². The number of hydrogen-bond acceptors (Lipinski definition) is 2. The molecule has 0 aliphatic carbocycles. The van der Waals surface area contributed by atoms with Gasteiger partial charge in [-0.3, -0.25) is 0 Å². The molecular weight excluding hydrogens is 130 g/mol. The first-order valence-corrected chi connectivity index (χ1v) is 3.97. The van der Waals surface area contributed by atoms with Gasteiger partial charge in [0.1, 0.15) is 0 Å². The average molecular weight is 140 g/mol. The molecule has 3 heteroatoms. The highest BCUT2D eigenvalue weighted by molar-refractivity contribution is 8.21. The molecular formula is C4H10ClNS. The molecule has 0 aliphatic heterocycles. The maximum absolute atomic E-state index is 5.34. The lowest BCUT2D eigenvalue weighted by Gasteiger charge is -2.04. The molecule has 1 nitrogen and oxygen atoms in total. The SMILES string of the molecule is CN(C)CCSCl. The Balaban J connectivity index is 2.68. The Hall–Kier alpha value is 0.600. The normalized spacial score (nSPS) is 10.3. The first-order valence-electron chi connectivity index (χ1n) is 2.15. The summed E-state index contributed by atoms with van der Waals surface area (Å²) in [6.07, 6.45) is 0. The van der Waals surface area contributed by atoms with Gasteiger partial charge in [0.15, 0.2) is 0 Å². The van der Waals surface area contributed by atoms with Gasteiger partial charge in [-0.2, -0.15) is 0 Å². The quantitative estimate of drug-likeness (QED) is 0.582. The molecule has 0 rings (SSSR count). The lowest BCUT2D eigenvalue weighted by Crippen LogP contribution is -2.14. The van der Waals surface area contributed by atoms with Crippen molar-refractivity contribution < 1.29 is 0 Å². The number of nitrogens with zero attached hydrogens (tertiary/aromatic N) is 1. The van der Waals surface area contributed by atoms with Crippen molar-refractivity contribution >= 4 is 21.7 Å². The molecule has 7 heavy (non-hydrogen) atoms. The fourth-order valence-electron chi connectivity index (χ4n) is 0.217. The summed E-state index contributed by atoms with van der Waals surface area (Å²) in [7, 11) is 10.8. The first kappa shape index (κ1) is 7.60. The molecule has 0 bridgehead atoms. The van der Waals surface area contributed by atoms with Gasteiger partial charge in [0, 0.05) is 12.3 Å². The summed E-state index contributed by atoms with van der Waals surface area (Å²) in [5.74, 6) is 1.01. The van der Waals surface area contributed by atoms with Crippen LogP contribution in [-0.2, 0) is 0 Å². The minimum Gasteiger partial charge on any atom is -0.309 e. The predicted octanol–water partition coefficient (Wildman–Crippen LogP) is 1.43. The van der Waals surface area contributed by atoms with Gasteiger partial charge in [-0.05, 0) is 24.8 Å². The molecule has 0 saturated carbocycles. The Labute approximate surface area is 53.5 Å². The van der Waals surface area contributed by atoms with Crippen LogP contribution in [0.25, 0.3) is 0 Å². The number of hydrogen-bond donors (Lipinski definition) is 0. The van der Waals surface area contributed by atoms with Crippen molar-refractivity contribution in [2.24, 2.45) is 0 Å². The van der Waals surface area contributed by atoms with E-state index in [1.54, 1.807) is 0 Å². The number of rotatable bonds is 3. The van der Waals surface area contributed by atoms with Crippen LogP contribution in [-0.4, -0.2) is 31.3 Å². The standard InChI is InChI=1S/C4H10ClNS/c1-6(2)3-4-7-5/h3-4H2,1-2H3. The Morgan fingerprint density at radius 3 is 2.29 bits per heavy atom. The van der Waals surface area contributed by atoms with Crippen LogP contribution >= 0.6 is 21.7 Å². The van der Waals surface area contributed by atoms with Crippen LogP contribution < -0.4 is 0 Å². The van der Waals surface area contributed by atoms with Crippen molar-refractivity contribution in [3.8, 4) is 0 Å². The van der Waals surface area contributed by atoms with Gasteiger partial charge in [-0.25, -0.2) is 0 Å². The smallest absolute Gasteiger partial charge is 0.0213 e. The highest BCUT2D eigenvalue weighted by atomic mass is 35.7. The lowest BCUT2D eigenvalue weighted by molar-refractivity contribution is 0.438. The first-order chi connectivity index (χ1) is 3.27. The molecule has 0 aliphatic rings. The van der Waals surface area contributed by atoms with Gasteiger partial charge in [0.05, 0.1) is 0 Å². The third-order valence-electron chi connectivity index (χ3n) is 0.616. The van der Waals surface area contributed by atoms with Gasteiger partial charge in [-0.15, -0.1) is 0 Å². The Morgan fingerprint density at radius 1 is 1.57 bits per heavy atom. The zero-order valence-corrected chi connectivity index (χ0v) is 6.22. The minimum atomic E-state index is 1.01. The maximum atomic E-state index is 5.34. The van der Waals surface area contributed by atoms with Crippen molar-refractivity contribution in [2.45, 2.75) is 0 Å². The van der Waals surface area contributed by atoms with Crippen LogP contribution in [0.3, 0.4) is 0 Å². The van der Waals surface area contributed by atoms with Crippen LogP contribution in [0, 0.1) is 0 Å². The van der Waals surface area contributed by atoms with Crippen LogP contribution in [0.2, 0.25) is 0 Å². The molecule has 0 N–H and O–H groups in total. The molecule has 0 amide bonds. The Kier molecular flexibility index (Phi) is 5.16. The van der Waals surface area contributed by atoms with E-state index in [0.29, 0.717) is 0 Å². The minimum absolute atomic E-state index is 1.01. The van der Waals surface area contributed by atoms with E-state index in [0.717, 1.165) is 12.3 Å². The summed E-state index contributed by atoms with van der Waals surface area (Å²) < 4.78 is 0. The molecule has 44 valence electrons. The summed E-state index contributed by atoms with van der Waals surface area (Å²) >= 11 is 0. The van der Waals surface area contributed by atoms with E-state index in [4.69, 9.17) is 10.7 Å². The molecule has 0 aromatic rings. The molecule has 0 radical (unpaired) electrons. The van der Waals surface area contributed by atoms with Crippen molar-refractivity contribution in [1.82, 2.24) is 4.90 Å². The second-order valence-corrected chi connectivity index (χ2v) is 2.90. The van der Waals surface area contributed by atoms with Gasteiger partial charge in [0.25, 0.3) is 0 Å². The number of halogens is 1. The molecule has 0 unspecified atom stereocenters. The zero-order valence-electron chi connectivity index (χ0n) is 4.65. The van der Waals surface area contributed by atoms with Gasteiger partial charge in [0.2, 0.25) is 0 Å². The molecule has 0 saturated heterocycles. The Bertz CT molecular complexity index is 40.7. The zero-order chi connectivity index (χ0) is 5.70. The molecule has 0 aromatic heterocycles. The van der Waals surface area contributed by atoms with Crippen molar-refractivity contribution in [1.29, 1.82) is 0 Å². The van der Waals surface area contributed by atoms with E-state index in [-0.39, 0.29) is 0 Å². The van der Waals surface area contributed by atoms with E-state index in [2.05, 4.69) is 4.90 Å². The summed E-state index contributed by atoms with van der Waals surface area (Å²) in [5.41, 5.74) is 0. The third-order valence-corrected chi connectivity index (χ3v) is 1.42. The van der Waals surface area contributed by atoms with Crippen molar-refractivity contribution in [3.63, 3.8) is 0 Å². The molecule has 0 aromatic carbocycles. The second kappa shape index (κ2) is 4.75. The maximum Gasteiger partial charge on any atom is 0.0213 e. The van der Waals surface area contributed by atoms with Gasteiger partial charge >= 0.3 is 0 Å². The predicted molar refractivity (Wildman–Crippen MR) is 36.9 cm³/mol. The molecule has 0 fully saturated rings. The van der Waals surface area contributed by atoms with Crippen molar-refractivity contribution in [3.05, 3.63) is 0 Å². The largest absolute Gasteiger partial charge is 0.309 e. The van der Waals surface area contributed by atoms with E-state index in [1.165, 1.54) is 11.0 Å². The summed E-state index contributed by atoms with van der Waals surface area (Å²) in [4.78, 5) is 2.11. The Morgan fingerprint density at radius 2 is 2.14 bits per heavy atom. The third kappa shape index (κ3) is 6.60. The van der Waals surface area contributed by atoms with Gasteiger partial charge in [-0.1, -0.05) is 11.0 Å². The van der Waals surface area contributed by atoms with Crippen LogP contribution in [0.4, 0.5) is 0 Å². The van der Waals surface area contributed by atoms with Gasteiger partial charge < -0.3 is 4.90 Å². The van der Waals surface area contributed by atoms with Crippen LogP contribution in [0.5, 0.6) is 0 Å². The van der Waals surface area contributed by atoms with Crippen LogP contribution in [0.1, 0.15) is 0 Å². The van der Waals surface area contributed by atoms with Crippen molar-refractivity contribution in [2.75, 3.05) is 26.4 Å². The fourth-order valence-corrected chi connectivity index (χ4v) is 0.858. The highest BCUT2D eigenvalue weighted by Gasteiger charge is 1.85. The average Bonchev–Trinajstić information content (AvgIpc) is 1.61. The summed E-state index contributed by atoms with van der Waals surface area (Å²) in [6, 6.07) is 0. The fraction of sp³-hybridized carbons (Fsp3) is 1.00.